The van der Waals surface area contributed by atoms with Crippen LogP contribution in [0.1, 0.15) is 24.5 Å². The Kier molecular flexibility index (Phi) is 4.33. The molecule has 3 amide bonds. The van der Waals surface area contributed by atoms with Crippen molar-refractivity contribution >= 4 is 34.4 Å². The monoisotopic (exact) mass is 364 g/mol. The van der Waals surface area contributed by atoms with Crippen molar-refractivity contribution in [2.75, 3.05) is 5.32 Å². The summed E-state index contributed by atoms with van der Waals surface area (Å²) in [5, 5.41) is 17.9. The molecule has 1 aromatic carbocycles. The van der Waals surface area contributed by atoms with Gasteiger partial charge in [0.25, 0.3) is 0 Å². The number of fused-ring (bicyclic) bond motifs is 1. The Morgan fingerprint density at radius 2 is 2.07 bits per heavy atom. The predicted octanol–water partition coefficient (Wildman–Crippen LogP) is 0.985. The van der Waals surface area contributed by atoms with Crippen molar-refractivity contribution in [2.24, 2.45) is 0 Å². The molecule has 0 bridgehead atoms. The van der Waals surface area contributed by atoms with Crippen LogP contribution in [0.2, 0.25) is 0 Å². The van der Waals surface area contributed by atoms with E-state index in [1.165, 1.54) is 6.20 Å². The number of piperidine rings is 1. The summed E-state index contributed by atoms with van der Waals surface area (Å²) in [6.07, 6.45) is 2.19. The highest BCUT2D eigenvalue weighted by molar-refractivity contribution is 6.02. The molecule has 9 heteroatoms. The predicted molar refractivity (Wildman–Crippen MR) is 95.5 cm³/mol. The highest BCUT2D eigenvalue weighted by atomic mass is 16.2. The average molecular weight is 364 g/mol. The van der Waals surface area contributed by atoms with E-state index in [9.17, 15) is 14.4 Å². The molecule has 1 aliphatic heterocycles. The van der Waals surface area contributed by atoms with Gasteiger partial charge < -0.3 is 5.32 Å². The Bertz CT molecular complexity index is 1030. The van der Waals surface area contributed by atoms with Crippen LogP contribution in [0.15, 0.2) is 42.6 Å². The number of carbonyl (C=O) groups is 3. The topological polar surface area (TPSA) is 119 Å². The SMILES string of the molecule is O=C1CCC(c2nn(CC(=O)Nc3cccnn3)c3ccccc23)C(=O)N1. The van der Waals surface area contributed by atoms with Gasteiger partial charge in [-0.05, 0) is 24.6 Å². The molecule has 136 valence electrons. The number of hydrogen-bond donors (Lipinski definition) is 2. The molecular formula is C18H16N6O3. The second kappa shape index (κ2) is 6.94. The fourth-order valence-electron chi connectivity index (χ4n) is 3.17. The van der Waals surface area contributed by atoms with Crippen LogP contribution in [-0.2, 0) is 20.9 Å². The highest BCUT2D eigenvalue weighted by Crippen LogP contribution is 2.30. The largest absolute Gasteiger partial charge is 0.308 e. The molecular weight excluding hydrogens is 348 g/mol. The van der Waals surface area contributed by atoms with Crippen LogP contribution >= 0.6 is 0 Å². The number of aromatic nitrogens is 4. The first-order chi connectivity index (χ1) is 13.1. The van der Waals surface area contributed by atoms with Crippen LogP contribution in [0.3, 0.4) is 0 Å². The molecule has 1 aliphatic rings. The number of benzene rings is 1. The quantitative estimate of drug-likeness (QED) is 0.666. The third-order valence-corrected chi connectivity index (χ3v) is 4.39. The second-order valence-electron chi connectivity index (χ2n) is 6.22. The minimum atomic E-state index is -0.517. The maximum atomic E-state index is 12.4. The third kappa shape index (κ3) is 3.39. The number of rotatable bonds is 4. The summed E-state index contributed by atoms with van der Waals surface area (Å²) in [6.45, 7) is -0.0373. The minimum absolute atomic E-state index is 0.0373. The Hall–Kier alpha value is -3.62. The second-order valence-corrected chi connectivity index (χ2v) is 6.22. The molecule has 0 aliphatic carbocycles. The molecule has 2 aromatic heterocycles. The summed E-state index contributed by atoms with van der Waals surface area (Å²) in [6, 6.07) is 10.7. The summed E-state index contributed by atoms with van der Waals surface area (Å²) in [7, 11) is 0. The Morgan fingerprint density at radius 1 is 1.22 bits per heavy atom. The van der Waals surface area contributed by atoms with Crippen LogP contribution in [0.4, 0.5) is 5.82 Å². The molecule has 0 saturated carbocycles. The molecule has 27 heavy (non-hydrogen) atoms. The van der Waals surface area contributed by atoms with Crippen molar-refractivity contribution in [1.29, 1.82) is 0 Å². The fourth-order valence-corrected chi connectivity index (χ4v) is 3.17. The van der Waals surface area contributed by atoms with Crippen molar-refractivity contribution in [3.05, 3.63) is 48.3 Å². The molecule has 4 rings (SSSR count). The van der Waals surface area contributed by atoms with Crippen LogP contribution < -0.4 is 10.6 Å². The smallest absolute Gasteiger partial charge is 0.247 e. The fraction of sp³-hybridized carbons (Fsp3) is 0.222. The number of nitrogens with zero attached hydrogens (tertiary/aromatic N) is 4. The van der Waals surface area contributed by atoms with Gasteiger partial charge in [-0.2, -0.15) is 10.2 Å². The van der Waals surface area contributed by atoms with Gasteiger partial charge in [-0.1, -0.05) is 18.2 Å². The van der Waals surface area contributed by atoms with Crippen LogP contribution in [-0.4, -0.2) is 37.7 Å². The molecule has 3 aromatic rings. The van der Waals surface area contributed by atoms with E-state index in [0.29, 0.717) is 17.9 Å². The van der Waals surface area contributed by atoms with E-state index in [0.717, 1.165) is 10.9 Å². The van der Waals surface area contributed by atoms with Crippen molar-refractivity contribution < 1.29 is 14.4 Å². The van der Waals surface area contributed by atoms with Gasteiger partial charge in [-0.15, -0.1) is 5.10 Å². The summed E-state index contributed by atoms with van der Waals surface area (Å²) < 4.78 is 1.56. The molecule has 9 nitrogen and oxygen atoms in total. The van der Waals surface area contributed by atoms with E-state index in [1.807, 2.05) is 24.3 Å². The zero-order valence-electron chi connectivity index (χ0n) is 14.3. The minimum Gasteiger partial charge on any atom is -0.308 e. The highest BCUT2D eigenvalue weighted by Gasteiger charge is 2.31. The lowest BCUT2D eigenvalue weighted by atomic mass is 9.93. The van der Waals surface area contributed by atoms with Crippen LogP contribution in [0.25, 0.3) is 10.9 Å². The molecule has 1 saturated heterocycles. The van der Waals surface area contributed by atoms with Gasteiger partial charge in [0.15, 0.2) is 5.82 Å². The number of carbonyl (C=O) groups excluding carboxylic acids is 3. The Morgan fingerprint density at radius 3 is 2.85 bits per heavy atom. The van der Waals surface area contributed by atoms with E-state index in [-0.39, 0.29) is 30.7 Å². The van der Waals surface area contributed by atoms with E-state index < -0.39 is 5.92 Å². The van der Waals surface area contributed by atoms with Gasteiger partial charge in [0.05, 0.1) is 17.1 Å². The number of amides is 3. The molecule has 2 N–H and O–H groups in total. The van der Waals surface area contributed by atoms with Crippen molar-refractivity contribution in [1.82, 2.24) is 25.3 Å². The number of nitrogens with one attached hydrogen (secondary N) is 2. The third-order valence-electron chi connectivity index (χ3n) is 4.39. The number of hydrogen-bond acceptors (Lipinski definition) is 6. The lowest BCUT2D eigenvalue weighted by molar-refractivity contribution is -0.134. The zero-order valence-corrected chi connectivity index (χ0v) is 14.3. The Balaban J connectivity index is 1.63. The lowest BCUT2D eigenvalue weighted by Gasteiger charge is -2.19. The molecule has 1 unspecified atom stereocenters. The van der Waals surface area contributed by atoms with Gasteiger partial charge in [0.1, 0.15) is 6.54 Å². The number of para-hydroxylation sites is 1. The van der Waals surface area contributed by atoms with Crippen molar-refractivity contribution in [3.63, 3.8) is 0 Å². The molecule has 1 atom stereocenters. The average Bonchev–Trinajstić information content (AvgIpc) is 3.01. The molecule has 3 heterocycles. The maximum Gasteiger partial charge on any atom is 0.247 e. The summed E-state index contributed by atoms with van der Waals surface area (Å²) >= 11 is 0. The number of imide groups is 1. The zero-order chi connectivity index (χ0) is 18.8. The van der Waals surface area contributed by atoms with Gasteiger partial charge >= 0.3 is 0 Å². The van der Waals surface area contributed by atoms with E-state index in [2.05, 4.69) is 25.9 Å². The van der Waals surface area contributed by atoms with E-state index >= 15 is 0 Å². The first-order valence-corrected chi connectivity index (χ1v) is 8.48. The molecule has 1 fully saturated rings. The van der Waals surface area contributed by atoms with Gasteiger partial charge in [0.2, 0.25) is 17.7 Å². The van der Waals surface area contributed by atoms with Crippen molar-refractivity contribution in [3.8, 4) is 0 Å². The summed E-state index contributed by atoms with van der Waals surface area (Å²) in [4.78, 5) is 36.0. The normalized spacial score (nSPS) is 17.0. The van der Waals surface area contributed by atoms with Gasteiger partial charge in [-0.25, -0.2) is 0 Å². The first kappa shape index (κ1) is 16.8. The lowest BCUT2D eigenvalue weighted by Crippen LogP contribution is -2.39. The summed E-state index contributed by atoms with van der Waals surface area (Å²) in [5.74, 6) is -1.10. The first-order valence-electron chi connectivity index (χ1n) is 8.48. The molecule has 0 spiro atoms. The van der Waals surface area contributed by atoms with E-state index in [1.54, 1.807) is 16.8 Å². The maximum absolute atomic E-state index is 12.4. The standard InChI is InChI=1S/C18H16N6O3/c25-15-8-7-12(18(27)21-15)17-11-4-1-2-5-13(11)24(23-17)10-16(26)20-14-6-3-9-19-22-14/h1-6,9,12H,7-8,10H2,(H,20,22,26)(H,21,25,27). The van der Waals surface area contributed by atoms with Crippen molar-refractivity contribution in [2.45, 2.75) is 25.3 Å². The summed E-state index contributed by atoms with van der Waals surface area (Å²) in [5.41, 5.74) is 1.31. The number of anilines is 1. The van der Waals surface area contributed by atoms with E-state index in [4.69, 9.17) is 0 Å². The molecule has 0 radical (unpaired) electrons. The van der Waals surface area contributed by atoms with Gasteiger partial charge in [-0.3, -0.25) is 24.4 Å². The van der Waals surface area contributed by atoms with Gasteiger partial charge in [0, 0.05) is 18.0 Å². The van der Waals surface area contributed by atoms with Crippen LogP contribution in [0, 0.1) is 0 Å². The Labute approximate surface area is 153 Å². The van der Waals surface area contributed by atoms with Crippen LogP contribution in [0.5, 0.6) is 0 Å².